The van der Waals surface area contributed by atoms with Gasteiger partial charge >= 0.3 is 0 Å². The van der Waals surface area contributed by atoms with Crippen LogP contribution in [0.1, 0.15) is 23.4 Å². The van der Waals surface area contributed by atoms with Crippen LogP contribution >= 0.6 is 0 Å². The van der Waals surface area contributed by atoms with Crippen LogP contribution in [0, 0.1) is 25.5 Å². The van der Waals surface area contributed by atoms with Gasteiger partial charge in [-0.15, -0.1) is 0 Å². The number of carbonyl (C=O) groups excluding carboxylic acids is 1. The van der Waals surface area contributed by atoms with Crippen molar-refractivity contribution in [3.63, 3.8) is 0 Å². The van der Waals surface area contributed by atoms with Gasteiger partial charge in [-0.3, -0.25) is 4.79 Å². The lowest BCUT2D eigenvalue weighted by Crippen LogP contribution is -2.50. The lowest BCUT2D eigenvalue weighted by Gasteiger charge is -2.34. The number of halogens is 2. The molecule has 7 nitrogen and oxygen atoms in total. The first-order valence-electron chi connectivity index (χ1n) is 8.85. The van der Waals surface area contributed by atoms with E-state index in [0.29, 0.717) is 18.2 Å². The number of amides is 1. The highest BCUT2D eigenvalue weighted by atomic mass is 32.2. The van der Waals surface area contributed by atoms with Gasteiger partial charge in [0.05, 0.1) is 5.69 Å². The van der Waals surface area contributed by atoms with E-state index >= 15 is 0 Å². The molecular weight excluding hydrogens is 392 g/mol. The van der Waals surface area contributed by atoms with E-state index in [2.05, 4.69) is 5.16 Å². The van der Waals surface area contributed by atoms with Crippen molar-refractivity contribution in [2.24, 2.45) is 0 Å². The van der Waals surface area contributed by atoms with Crippen molar-refractivity contribution >= 4 is 15.9 Å². The van der Waals surface area contributed by atoms with Gasteiger partial charge in [-0.25, -0.2) is 17.2 Å². The topological polar surface area (TPSA) is 83.7 Å². The van der Waals surface area contributed by atoms with Crippen molar-refractivity contribution in [2.45, 2.75) is 31.6 Å². The molecule has 0 atom stereocenters. The summed E-state index contributed by atoms with van der Waals surface area (Å²) in [7, 11) is -4.16. The van der Waals surface area contributed by atoms with E-state index in [9.17, 15) is 22.0 Å². The number of aromatic nitrogens is 1. The Hall–Kier alpha value is -2.33. The Kier molecular flexibility index (Phi) is 5.80. The molecule has 10 heteroatoms. The van der Waals surface area contributed by atoms with Crippen LogP contribution in [-0.2, 0) is 21.2 Å². The molecule has 0 spiro atoms. The summed E-state index contributed by atoms with van der Waals surface area (Å²) in [6.45, 7) is 4.03. The number of carbonyl (C=O) groups is 1. The zero-order chi connectivity index (χ0) is 20.5. The highest BCUT2D eigenvalue weighted by molar-refractivity contribution is 7.89. The second-order valence-corrected chi connectivity index (χ2v) is 8.57. The molecule has 1 aromatic carbocycles. The summed E-state index contributed by atoms with van der Waals surface area (Å²) in [5, 5.41) is 3.86. The van der Waals surface area contributed by atoms with Crippen molar-refractivity contribution in [3.05, 3.63) is 46.9 Å². The number of benzene rings is 1. The molecule has 0 radical (unpaired) electrons. The van der Waals surface area contributed by atoms with Crippen molar-refractivity contribution in [2.75, 3.05) is 26.2 Å². The smallest absolute Gasteiger partial charge is 0.246 e. The van der Waals surface area contributed by atoms with Crippen molar-refractivity contribution in [1.82, 2.24) is 14.4 Å². The minimum atomic E-state index is -4.16. The Labute approximate surface area is 162 Å². The molecule has 1 aliphatic heterocycles. The van der Waals surface area contributed by atoms with Crippen molar-refractivity contribution in [3.8, 4) is 0 Å². The molecule has 0 aliphatic carbocycles. The molecule has 1 aliphatic rings. The van der Waals surface area contributed by atoms with Gasteiger partial charge in [-0.1, -0.05) is 5.16 Å². The second-order valence-electron chi connectivity index (χ2n) is 6.66. The number of nitrogens with zero attached hydrogens (tertiary/aromatic N) is 3. The van der Waals surface area contributed by atoms with Crippen molar-refractivity contribution in [1.29, 1.82) is 0 Å². The molecule has 0 saturated carbocycles. The number of hydrogen-bond donors (Lipinski definition) is 0. The molecule has 2 aromatic rings. The molecule has 28 heavy (non-hydrogen) atoms. The number of rotatable bonds is 5. The predicted octanol–water partition coefficient (Wildman–Crippen LogP) is 2.04. The summed E-state index contributed by atoms with van der Waals surface area (Å²) < 4.78 is 58.6. The third kappa shape index (κ3) is 4.07. The summed E-state index contributed by atoms with van der Waals surface area (Å²) in [6.07, 6.45) is 0.751. The lowest BCUT2D eigenvalue weighted by atomic mass is 10.1. The van der Waals surface area contributed by atoms with Gasteiger partial charge in [-0.05, 0) is 38.5 Å². The average Bonchev–Trinajstić information content (AvgIpc) is 2.99. The maximum absolute atomic E-state index is 13.9. The average molecular weight is 413 g/mol. The minimum Gasteiger partial charge on any atom is -0.361 e. The maximum Gasteiger partial charge on any atom is 0.246 e. The SMILES string of the molecule is Cc1noc(C)c1CCC(=O)N1CCN(S(=O)(=O)c2cc(F)ccc2F)CC1. The first kappa shape index (κ1) is 20.4. The molecule has 1 aromatic heterocycles. The van der Waals surface area contributed by atoms with Gasteiger partial charge < -0.3 is 9.42 Å². The van der Waals surface area contributed by atoms with Crippen molar-refractivity contribution < 1.29 is 26.5 Å². The van der Waals surface area contributed by atoms with E-state index in [1.54, 1.807) is 11.8 Å². The third-order valence-electron chi connectivity index (χ3n) is 4.87. The summed E-state index contributed by atoms with van der Waals surface area (Å²) in [5.74, 6) is -1.25. The summed E-state index contributed by atoms with van der Waals surface area (Å²) in [6, 6.07) is 2.33. The molecule has 0 bridgehead atoms. The summed E-state index contributed by atoms with van der Waals surface area (Å²) >= 11 is 0. The molecular formula is C18H21F2N3O4S. The Balaban J connectivity index is 1.61. The van der Waals surface area contributed by atoms with Crippen LogP contribution in [0.4, 0.5) is 8.78 Å². The third-order valence-corrected chi connectivity index (χ3v) is 6.79. The molecule has 1 fully saturated rings. The fourth-order valence-corrected chi connectivity index (χ4v) is 4.74. The molecule has 1 amide bonds. The van der Waals surface area contributed by atoms with Crippen LogP contribution in [-0.4, -0.2) is 54.9 Å². The number of hydrogen-bond acceptors (Lipinski definition) is 5. The maximum atomic E-state index is 13.9. The summed E-state index contributed by atoms with van der Waals surface area (Å²) in [5.41, 5.74) is 1.65. The van der Waals surface area contributed by atoms with Crippen LogP contribution in [0.2, 0.25) is 0 Å². The van der Waals surface area contributed by atoms with Crippen LogP contribution in [0.3, 0.4) is 0 Å². The van der Waals surface area contributed by atoms with Crippen LogP contribution in [0.5, 0.6) is 0 Å². The molecule has 3 rings (SSSR count). The van der Waals surface area contributed by atoms with E-state index in [1.807, 2.05) is 6.92 Å². The van der Waals surface area contributed by atoms with E-state index in [4.69, 9.17) is 4.52 Å². The molecule has 152 valence electrons. The van der Waals surface area contributed by atoms with Crippen LogP contribution in [0.15, 0.2) is 27.6 Å². The number of sulfonamides is 1. The van der Waals surface area contributed by atoms with Crippen LogP contribution in [0.25, 0.3) is 0 Å². The Morgan fingerprint density at radius 1 is 1.18 bits per heavy atom. The minimum absolute atomic E-state index is 0.0232. The number of aryl methyl sites for hydroxylation is 2. The quantitative estimate of drug-likeness (QED) is 0.749. The monoisotopic (exact) mass is 413 g/mol. The Bertz CT molecular complexity index is 963. The number of piperazine rings is 1. The largest absolute Gasteiger partial charge is 0.361 e. The van der Waals surface area contributed by atoms with Gasteiger partial charge in [0, 0.05) is 38.2 Å². The fourth-order valence-electron chi connectivity index (χ4n) is 3.24. The molecule has 0 N–H and O–H groups in total. The molecule has 0 unspecified atom stereocenters. The van der Waals surface area contributed by atoms with E-state index < -0.39 is 26.6 Å². The first-order chi connectivity index (χ1) is 13.2. The van der Waals surface area contributed by atoms with E-state index in [1.165, 1.54) is 0 Å². The zero-order valence-corrected chi connectivity index (χ0v) is 16.4. The highest BCUT2D eigenvalue weighted by Crippen LogP contribution is 2.22. The first-order valence-corrected chi connectivity index (χ1v) is 10.3. The standard InChI is InChI=1S/C18H21F2N3O4S/c1-12-15(13(2)27-21-12)4-6-18(24)22-7-9-23(10-8-22)28(25,26)17-11-14(19)3-5-16(17)20/h3,5,11H,4,6-10H2,1-2H3. The zero-order valence-electron chi connectivity index (χ0n) is 15.6. The summed E-state index contributed by atoms with van der Waals surface area (Å²) in [4.78, 5) is 13.3. The molecule has 1 saturated heterocycles. The van der Waals surface area contributed by atoms with Gasteiger partial charge in [0.15, 0.2) is 0 Å². The lowest BCUT2D eigenvalue weighted by molar-refractivity contribution is -0.132. The Morgan fingerprint density at radius 2 is 1.86 bits per heavy atom. The van der Waals surface area contributed by atoms with Crippen LogP contribution < -0.4 is 0 Å². The van der Waals surface area contributed by atoms with E-state index in [-0.39, 0.29) is 38.5 Å². The normalized spacial score (nSPS) is 15.8. The Morgan fingerprint density at radius 3 is 2.46 bits per heavy atom. The van der Waals surface area contributed by atoms with E-state index in [0.717, 1.165) is 27.7 Å². The highest BCUT2D eigenvalue weighted by Gasteiger charge is 2.32. The van der Waals surface area contributed by atoms with Gasteiger partial charge in [0.1, 0.15) is 22.3 Å². The second kappa shape index (κ2) is 7.96. The van der Waals surface area contributed by atoms with Gasteiger partial charge in [0.25, 0.3) is 0 Å². The van der Waals surface area contributed by atoms with Gasteiger partial charge in [-0.2, -0.15) is 4.31 Å². The van der Waals surface area contributed by atoms with Gasteiger partial charge in [0.2, 0.25) is 15.9 Å². The molecule has 2 heterocycles. The fraction of sp³-hybridized carbons (Fsp3) is 0.444. The predicted molar refractivity (Wildman–Crippen MR) is 96.0 cm³/mol.